The number of Topliss-reactive ketones (excluding diaryl/α,β-unsaturated/α-hetero) is 1. The van der Waals surface area contributed by atoms with Crippen molar-refractivity contribution in [3.05, 3.63) is 32.3 Å². The molecule has 0 aliphatic carbocycles. The van der Waals surface area contributed by atoms with Crippen LogP contribution in [0.25, 0.3) is 0 Å². The van der Waals surface area contributed by atoms with Crippen molar-refractivity contribution in [2.24, 2.45) is 0 Å². The minimum Gasteiger partial charge on any atom is -0.484 e. The summed E-state index contributed by atoms with van der Waals surface area (Å²) < 4.78 is 5.03. The molecule has 0 N–H and O–H groups in total. The Morgan fingerprint density at radius 1 is 1.44 bits per heavy atom. The van der Waals surface area contributed by atoms with Crippen LogP contribution in [0.2, 0.25) is 10.0 Å². The number of hydrogen-bond acceptors (Lipinski definition) is 4. The number of carbonyl (C=O) groups excluding carboxylic acids is 1. The van der Waals surface area contributed by atoms with E-state index in [0.717, 1.165) is 6.07 Å². The van der Waals surface area contributed by atoms with Crippen molar-refractivity contribution in [3.63, 3.8) is 0 Å². The number of carbonyl (C=O) groups is 1. The molecule has 0 radical (unpaired) electrons. The van der Waals surface area contributed by atoms with E-state index in [4.69, 9.17) is 27.9 Å². The molecule has 0 bridgehead atoms. The highest BCUT2D eigenvalue weighted by Gasteiger charge is 2.16. The van der Waals surface area contributed by atoms with Gasteiger partial charge >= 0.3 is 0 Å². The fourth-order valence-electron chi connectivity index (χ4n) is 0.948. The monoisotopic (exact) mass is 263 g/mol. The van der Waals surface area contributed by atoms with Crippen LogP contribution in [0.4, 0.5) is 5.69 Å². The fraction of sp³-hybridized carbons (Fsp3) is 0.222. The van der Waals surface area contributed by atoms with Crippen LogP contribution in [0.1, 0.15) is 6.92 Å². The summed E-state index contributed by atoms with van der Waals surface area (Å²) in [6, 6.07) is 2.30. The van der Waals surface area contributed by atoms with E-state index in [1.54, 1.807) is 0 Å². The molecule has 0 heterocycles. The average molecular weight is 264 g/mol. The van der Waals surface area contributed by atoms with Crippen LogP contribution in [0.3, 0.4) is 0 Å². The third-order valence-corrected chi connectivity index (χ3v) is 2.23. The van der Waals surface area contributed by atoms with E-state index in [-0.39, 0.29) is 33.9 Å². The Hall–Kier alpha value is -1.33. The molecule has 0 amide bonds. The van der Waals surface area contributed by atoms with Gasteiger partial charge in [-0.15, -0.1) is 0 Å². The van der Waals surface area contributed by atoms with Gasteiger partial charge in [0.15, 0.2) is 5.78 Å². The second-order valence-electron chi connectivity index (χ2n) is 2.98. The topological polar surface area (TPSA) is 69.4 Å². The second kappa shape index (κ2) is 5.14. The Morgan fingerprint density at radius 3 is 2.56 bits per heavy atom. The zero-order valence-corrected chi connectivity index (χ0v) is 9.71. The first-order chi connectivity index (χ1) is 7.41. The predicted octanol–water partition coefficient (Wildman–Crippen LogP) is 2.87. The Balaban J connectivity index is 3.01. The second-order valence-corrected chi connectivity index (χ2v) is 3.80. The summed E-state index contributed by atoms with van der Waals surface area (Å²) in [7, 11) is 0. The van der Waals surface area contributed by atoms with Crippen LogP contribution in [0.5, 0.6) is 5.75 Å². The first-order valence-electron chi connectivity index (χ1n) is 4.17. The summed E-state index contributed by atoms with van der Waals surface area (Å²) in [5, 5.41) is 10.5. The van der Waals surface area contributed by atoms with Gasteiger partial charge in [-0.05, 0) is 6.92 Å². The summed E-state index contributed by atoms with van der Waals surface area (Å²) >= 11 is 11.4. The third kappa shape index (κ3) is 3.08. The Morgan fingerprint density at radius 2 is 2.06 bits per heavy atom. The van der Waals surface area contributed by atoms with Gasteiger partial charge in [0.2, 0.25) is 0 Å². The molecule has 0 saturated heterocycles. The molecule has 7 heteroatoms. The Kier molecular flexibility index (Phi) is 4.09. The molecule has 0 fully saturated rings. The van der Waals surface area contributed by atoms with Gasteiger partial charge in [-0.25, -0.2) is 0 Å². The maximum atomic E-state index is 10.7. The molecule has 0 atom stereocenters. The van der Waals surface area contributed by atoms with Gasteiger partial charge < -0.3 is 4.74 Å². The zero-order chi connectivity index (χ0) is 12.3. The molecule has 1 aromatic carbocycles. The van der Waals surface area contributed by atoms with Crippen LogP contribution in [-0.4, -0.2) is 17.3 Å². The van der Waals surface area contributed by atoms with Gasteiger partial charge in [-0.2, -0.15) is 0 Å². The van der Waals surface area contributed by atoms with Crippen molar-refractivity contribution >= 4 is 34.7 Å². The van der Waals surface area contributed by atoms with Gasteiger partial charge in [-0.1, -0.05) is 23.2 Å². The van der Waals surface area contributed by atoms with Crippen molar-refractivity contribution in [2.45, 2.75) is 6.92 Å². The van der Waals surface area contributed by atoms with E-state index >= 15 is 0 Å². The van der Waals surface area contributed by atoms with E-state index in [1.165, 1.54) is 13.0 Å². The Bertz CT molecular complexity index is 447. The number of halogens is 2. The molecule has 86 valence electrons. The van der Waals surface area contributed by atoms with Crippen LogP contribution >= 0.6 is 23.2 Å². The maximum absolute atomic E-state index is 10.7. The highest BCUT2D eigenvalue weighted by atomic mass is 35.5. The van der Waals surface area contributed by atoms with Crippen molar-refractivity contribution in [1.29, 1.82) is 0 Å². The number of nitro groups is 1. The molecule has 1 rings (SSSR count). The SMILES string of the molecule is CC(=O)COc1cc(Cl)c([N+](=O)[O-])cc1Cl. The normalized spacial score (nSPS) is 9.94. The first kappa shape index (κ1) is 12.7. The molecule has 1 aromatic rings. The van der Waals surface area contributed by atoms with Crippen LogP contribution < -0.4 is 4.74 Å². The summed E-state index contributed by atoms with van der Waals surface area (Å²) in [5.41, 5.74) is -0.304. The first-order valence-corrected chi connectivity index (χ1v) is 4.93. The summed E-state index contributed by atoms with van der Waals surface area (Å²) in [5.74, 6) is -0.0435. The lowest BCUT2D eigenvalue weighted by atomic mass is 10.3. The van der Waals surface area contributed by atoms with Gasteiger partial charge in [0.05, 0.1) is 9.95 Å². The van der Waals surface area contributed by atoms with E-state index < -0.39 is 4.92 Å². The third-order valence-electron chi connectivity index (χ3n) is 1.63. The van der Waals surface area contributed by atoms with Gasteiger partial charge in [0, 0.05) is 12.1 Å². The lowest BCUT2D eigenvalue weighted by Gasteiger charge is -2.06. The smallest absolute Gasteiger partial charge is 0.289 e. The van der Waals surface area contributed by atoms with Gasteiger partial charge in [0.1, 0.15) is 17.4 Å². The average Bonchev–Trinajstić information content (AvgIpc) is 2.18. The molecular weight excluding hydrogens is 257 g/mol. The molecule has 0 aliphatic rings. The van der Waals surface area contributed by atoms with Crippen molar-refractivity contribution in [3.8, 4) is 5.75 Å². The molecule has 0 spiro atoms. The lowest BCUT2D eigenvalue weighted by molar-refractivity contribution is -0.384. The number of rotatable bonds is 4. The highest BCUT2D eigenvalue weighted by molar-refractivity contribution is 6.35. The van der Waals surface area contributed by atoms with E-state index in [2.05, 4.69) is 0 Å². The number of ether oxygens (including phenoxy) is 1. The number of nitro benzene ring substituents is 1. The minimum atomic E-state index is -0.650. The minimum absolute atomic E-state index is 0.0392. The molecule has 0 aliphatic heterocycles. The molecular formula is C9H7Cl2NO4. The van der Waals surface area contributed by atoms with Crippen molar-refractivity contribution < 1.29 is 14.5 Å². The van der Waals surface area contributed by atoms with Gasteiger partial charge in [-0.3, -0.25) is 14.9 Å². The van der Waals surface area contributed by atoms with E-state index in [1.807, 2.05) is 0 Å². The summed E-state index contributed by atoms with van der Waals surface area (Å²) in [4.78, 5) is 20.5. The highest BCUT2D eigenvalue weighted by Crippen LogP contribution is 2.35. The molecule has 0 saturated carbocycles. The molecule has 0 aromatic heterocycles. The quantitative estimate of drug-likeness (QED) is 0.619. The summed E-state index contributed by atoms with van der Waals surface area (Å²) in [6.45, 7) is 1.19. The molecule has 16 heavy (non-hydrogen) atoms. The predicted molar refractivity (Wildman–Crippen MR) is 59.3 cm³/mol. The maximum Gasteiger partial charge on any atom is 0.289 e. The number of benzene rings is 1. The summed E-state index contributed by atoms with van der Waals surface area (Å²) in [6.07, 6.45) is 0. The largest absolute Gasteiger partial charge is 0.484 e. The van der Waals surface area contributed by atoms with E-state index in [0.29, 0.717) is 0 Å². The molecule has 0 unspecified atom stereocenters. The fourth-order valence-corrected chi connectivity index (χ4v) is 1.38. The number of nitrogens with zero attached hydrogens (tertiary/aromatic N) is 1. The van der Waals surface area contributed by atoms with Crippen molar-refractivity contribution in [2.75, 3.05) is 6.61 Å². The van der Waals surface area contributed by atoms with Crippen LogP contribution in [0.15, 0.2) is 12.1 Å². The van der Waals surface area contributed by atoms with E-state index in [9.17, 15) is 14.9 Å². The number of ketones is 1. The lowest BCUT2D eigenvalue weighted by Crippen LogP contribution is -2.07. The number of hydrogen-bond donors (Lipinski definition) is 0. The van der Waals surface area contributed by atoms with Crippen LogP contribution in [-0.2, 0) is 4.79 Å². The Labute approximate surface area is 101 Å². The molecule has 5 nitrogen and oxygen atoms in total. The van der Waals surface area contributed by atoms with Crippen molar-refractivity contribution in [1.82, 2.24) is 0 Å². The van der Waals surface area contributed by atoms with Crippen LogP contribution in [0, 0.1) is 10.1 Å². The standard InChI is InChI=1S/C9H7Cl2NO4/c1-5(13)4-16-9-3-6(10)8(12(14)15)2-7(9)11/h2-3H,4H2,1H3. The zero-order valence-electron chi connectivity index (χ0n) is 8.20. The van der Waals surface area contributed by atoms with Gasteiger partial charge in [0.25, 0.3) is 5.69 Å².